The molecule has 0 radical (unpaired) electrons. The van der Waals surface area contributed by atoms with E-state index < -0.39 is 5.79 Å². The van der Waals surface area contributed by atoms with Crippen LogP contribution in [0.3, 0.4) is 0 Å². The van der Waals surface area contributed by atoms with Crippen molar-refractivity contribution in [3.8, 4) is 0 Å². The highest BCUT2D eigenvalue weighted by molar-refractivity contribution is 5.29. The Kier molecular flexibility index (Phi) is 2.32. The maximum Gasteiger partial charge on any atom is 0.189 e. The van der Waals surface area contributed by atoms with Crippen LogP contribution in [0.1, 0.15) is 46.5 Å². The second-order valence-electron chi connectivity index (χ2n) is 6.81. The first-order chi connectivity index (χ1) is 7.89. The summed E-state index contributed by atoms with van der Waals surface area (Å²) in [7, 11) is 0. The summed E-state index contributed by atoms with van der Waals surface area (Å²) < 4.78 is 6.16. The van der Waals surface area contributed by atoms with E-state index in [0.29, 0.717) is 23.7 Å². The third kappa shape index (κ3) is 1.34. The summed E-state index contributed by atoms with van der Waals surface area (Å²) >= 11 is 0. The Balaban J connectivity index is 2.02. The highest BCUT2D eigenvalue weighted by atomic mass is 16.6. The van der Waals surface area contributed by atoms with Gasteiger partial charge in [-0.2, -0.15) is 0 Å². The molecule has 2 heteroatoms. The van der Waals surface area contributed by atoms with Gasteiger partial charge in [0.2, 0.25) is 0 Å². The van der Waals surface area contributed by atoms with Gasteiger partial charge >= 0.3 is 0 Å². The topological polar surface area (TPSA) is 29.5 Å². The molecular weight excluding hydrogens is 212 g/mol. The molecule has 1 aliphatic carbocycles. The van der Waals surface area contributed by atoms with E-state index in [9.17, 15) is 5.11 Å². The van der Waals surface area contributed by atoms with Crippen molar-refractivity contribution in [3.63, 3.8) is 0 Å². The fraction of sp³-hybridized carbons (Fsp3) is 0.867. The minimum Gasteiger partial charge on any atom is -0.362 e. The van der Waals surface area contributed by atoms with Crippen LogP contribution in [0.5, 0.6) is 0 Å². The van der Waals surface area contributed by atoms with Gasteiger partial charge in [0.1, 0.15) is 0 Å². The van der Waals surface area contributed by atoms with E-state index >= 15 is 0 Å². The summed E-state index contributed by atoms with van der Waals surface area (Å²) in [5.41, 5.74) is 0.865. The molecule has 1 N–H and O–H groups in total. The number of aliphatic hydroxyl groups is 1. The lowest BCUT2D eigenvalue weighted by molar-refractivity contribution is -0.264. The van der Waals surface area contributed by atoms with Crippen molar-refractivity contribution in [2.45, 2.75) is 57.8 Å². The lowest BCUT2D eigenvalue weighted by Gasteiger charge is -2.44. The van der Waals surface area contributed by atoms with Crippen molar-refractivity contribution in [2.75, 3.05) is 0 Å². The molecule has 0 aromatic rings. The van der Waals surface area contributed by atoms with Crippen LogP contribution in [-0.4, -0.2) is 16.5 Å². The van der Waals surface area contributed by atoms with Crippen molar-refractivity contribution in [2.24, 2.45) is 23.7 Å². The van der Waals surface area contributed by atoms with Gasteiger partial charge in [0.25, 0.3) is 0 Å². The summed E-state index contributed by atoms with van der Waals surface area (Å²) in [6.45, 7) is 11.0. The molecule has 1 saturated carbocycles. The normalized spacial score (nSPS) is 53.2. The van der Waals surface area contributed by atoms with Crippen LogP contribution in [-0.2, 0) is 4.74 Å². The predicted octanol–water partition coefficient (Wildman–Crippen LogP) is 3.11. The monoisotopic (exact) mass is 236 g/mol. The van der Waals surface area contributed by atoms with Crippen LogP contribution in [0, 0.1) is 23.7 Å². The SMILES string of the molecule is C=C1[C@@H]2CC[C@H](C)[C@@]23C[C@@H](C(C)C)C[C@]1(O)O3. The molecule has 3 aliphatic rings. The molecule has 17 heavy (non-hydrogen) atoms. The van der Waals surface area contributed by atoms with E-state index in [0.717, 1.165) is 24.8 Å². The molecule has 0 unspecified atom stereocenters. The Labute approximate surface area is 104 Å². The number of fused-ring (bicyclic) bond motifs is 1. The van der Waals surface area contributed by atoms with Crippen LogP contribution in [0.2, 0.25) is 0 Å². The van der Waals surface area contributed by atoms with E-state index in [1.807, 2.05) is 0 Å². The van der Waals surface area contributed by atoms with E-state index in [1.165, 1.54) is 6.42 Å². The molecule has 3 fully saturated rings. The molecule has 0 amide bonds. The molecule has 2 bridgehead atoms. The molecule has 1 spiro atoms. The van der Waals surface area contributed by atoms with Crippen LogP contribution in [0.15, 0.2) is 12.2 Å². The zero-order valence-electron chi connectivity index (χ0n) is 11.2. The van der Waals surface area contributed by atoms with E-state index in [4.69, 9.17) is 4.74 Å². The lowest BCUT2D eigenvalue weighted by atomic mass is 9.75. The molecule has 96 valence electrons. The smallest absolute Gasteiger partial charge is 0.189 e. The van der Waals surface area contributed by atoms with E-state index in [1.54, 1.807) is 0 Å². The quantitative estimate of drug-likeness (QED) is 0.709. The average molecular weight is 236 g/mol. The molecule has 2 saturated heterocycles. The Morgan fingerprint density at radius 2 is 2.06 bits per heavy atom. The molecule has 2 aliphatic heterocycles. The highest BCUT2D eigenvalue weighted by Gasteiger charge is 2.66. The van der Waals surface area contributed by atoms with E-state index in [-0.39, 0.29) is 5.60 Å². The third-order valence-electron chi connectivity index (χ3n) is 5.66. The zero-order chi connectivity index (χ0) is 12.4. The first kappa shape index (κ1) is 11.7. The van der Waals surface area contributed by atoms with Gasteiger partial charge < -0.3 is 9.84 Å². The maximum absolute atomic E-state index is 10.7. The molecule has 0 aromatic heterocycles. The molecule has 3 rings (SSSR count). The van der Waals surface area contributed by atoms with Gasteiger partial charge in [-0.05, 0) is 42.6 Å². The minimum atomic E-state index is -1.02. The van der Waals surface area contributed by atoms with Crippen molar-refractivity contribution in [1.82, 2.24) is 0 Å². The van der Waals surface area contributed by atoms with Crippen LogP contribution < -0.4 is 0 Å². The van der Waals surface area contributed by atoms with Crippen LogP contribution >= 0.6 is 0 Å². The molecule has 5 atom stereocenters. The Morgan fingerprint density at radius 1 is 1.35 bits per heavy atom. The number of hydrogen-bond acceptors (Lipinski definition) is 2. The summed E-state index contributed by atoms with van der Waals surface area (Å²) in [6.07, 6.45) is 4.21. The van der Waals surface area contributed by atoms with Gasteiger partial charge in [0, 0.05) is 12.3 Å². The Morgan fingerprint density at radius 3 is 2.71 bits per heavy atom. The van der Waals surface area contributed by atoms with Gasteiger partial charge in [-0.15, -0.1) is 0 Å². The second kappa shape index (κ2) is 3.36. The summed E-state index contributed by atoms with van der Waals surface area (Å²) in [5.74, 6) is 1.11. The lowest BCUT2D eigenvalue weighted by Crippen LogP contribution is -2.48. The second-order valence-corrected chi connectivity index (χ2v) is 6.81. The predicted molar refractivity (Wildman–Crippen MR) is 67.4 cm³/mol. The van der Waals surface area contributed by atoms with Crippen molar-refractivity contribution in [3.05, 3.63) is 12.2 Å². The average Bonchev–Trinajstić information content (AvgIpc) is 2.61. The van der Waals surface area contributed by atoms with Gasteiger partial charge in [0.15, 0.2) is 5.79 Å². The Hall–Kier alpha value is -0.340. The summed E-state index contributed by atoms with van der Waals surface area (Å²) in [5, 5.41) is 10.7. The largest absolute Gasteiger partial charge is 0.362 e. The van der Waals surface area contributed by atoms with E-state index in [2.05, 4.69) is 27.4 Å². The number of ether oxygens (including phenoxy) is 1. The fourth-order valence-electron chi connectivity index (χ4n) is 4.41. The van der Waals surface area contributed by atoms with Gasteiger partial charge in [-0.25, -0.2) is 0 Å². The summed E-state index contributed by atoms with van der Waals surface area (Å²) in [4.78, 5) is 0. The number of hydrogen-bond donors (Lipinski definition) is 1. The first-order valence-corrected chi connectivity index (χ1v) is 7.01. The van der Waals surface area contributed by atoms with Gasteiger partial charge in [-0.3, -0.25) is 0 Å². The molecule has 2 heterocycles. The van der Waals surface area contributed by atoms with Crippen molar-refractivity contribution < 1.29 is 9.84 Å². The highest BCUT2D eigenvalue weighted by Crippen LogP contribution is 2.63. The van der Waals surface area contributed by atoms with Gasteiger partial charge in [0.05, 0.1) is 5.60 Å². The maximum atomic E-state index is 10.7. The third-order valence-corrected chi connectivity index (χ3v) is 5.66. The van der Waals surface area contributed by atoms with Gasteiger partial charge in [-0.1, -0.05) is 27.4 Å². The molecular formula is C15H24O2. The van der Waals surface area contributed by atoms with Crippen molar-refractivity contribution >= 4 is 0 Å². The standard InChI is InChI=1S/C15H24O2/c1-9(2)12-7-14-10(3)5-6-13(14)11(4)15(16,8-12)17-14/h9-10,12-13,16H,4-8H2,1-3H3/t10-,12+,13-,14-,15-/m0/s1. The Bertz CT molecular complexity index is 362. The molecule has 2 nitrogen and oxygen atoms in total. The minimum absolute atomic E-state index is 0.0982. The first-order valence-electron chi connectivity index (χ1n) is 7.01. The molecule has 0 aromatic carbocycles. The zero-order valence-corrected chi connectivity index (χ0v) is 11.2. The van der Waals surface area contributed by atoms with Crippen LogP contribution in [0.4, 0.5) is 0 Å². The van der Waals surface area contributed by atoms with Crippen LogP contribution in [0.25, 0.3) is 0 Å². The number of rotatable bonds is 1. The van der Waals surface area contributed by atoms with Crippen molar-refractivity contribution in [1.29, 1.82) is 0 Å². The summed E-state index contributed by atoms with van der Waals surface area (Å²) in [6, 6.07) is 0. The fourth-order valence-corrected chi connectivity index (χ4v) is 4.41.